The Morgan fingerprint density at radius 1 is 0.304 bits per heavy atom. The van der Waals surface area contributed by atoms with Gasteiger partial charge in [0.25, 0.3) is 0 Å². The number of hydrogen-bond donors (Lipinski definition) is 0. The lowest BCUT2D eigenvalue weighted by Gasteiger charge is -2.12. The van der Waals surface area contributed by atoms with E-state index in [2.05, 4.69) is 126 Å². The highest BCUT2D eigenvalue weighted by molar-refractivity contribution is 6.11. The molecule has 0 fully saturated rings. The quantitative estimate of drug-likeness (QED) is 0.172. The highest BCUT2D eigenvalue weighted by atomic mass is 16.3. The molecular weight excluding hydrogens is 685 g/mol. The number of fused-ring (bicyclic) bond motifs is 6. The highest BCUT2D eigenvalue weighted by Gasteiger charge is 2.16. The van der Waals surface area contributed by atoms with E-state index in [-0.39, 0.29) is 0 Å². The molecule has 0 unspecified atom stereocenters. The molecule has 0 spiro atoms. The average molecular weight is 717 g/mol. The molecule has 0 aliphatic carbocycles. The summed E-state index contributed by atoms with van der Waals surface area (Å²) in [5, 5.41) is 4.68. The maximum Gasteiger partial charge on any atom is 0.164 e. The fraction of sp³-hybridized carbons (Fsp3) is 0. The number of nitrogens with zero attached hydrogens (tertiary/aromatic N) is 4. The predicted molar refractivity (Wildman–Crippen MR) is 229 cm³/mol. The zero-order valence-electron chi connectivity index (χ0n) is 30.2. The molecule has 0 bridgehead atoms. The SMILES string of the molecule is c1ccc(-c2nc(-c3ccccc3)nc(-c3cccc(-c4cccc(-n5c6ccccc6c6ccc(-c7ccc8oc9ccccc9c8c7)cc65)c4)c3)n2)cc1. The summed E-state index contributed by atoms with van der Waals surface area (Å²) in [6, 6.07) is 67.7. The van der Waals surface area contributed by atoms with Crippen LogP contribution in [0.1, 0.15) is 0 Å². The van der Waals surface area contributed by atoms with Crippen LogP contribution in [0.15, 0.2) is 199 Å². The minimum absolute atomic E-state index is 0.632. The molecule has 5 nitrogen and oxygen atoms in total. The van der Waals surface area contributed by atoms with Gasteiger partial charge >= 0.3 is 0 Å². The Hall–Kier alpha value is -7.63. The zero-order chi connectivity index (χ0) is 37.0. The molecule has 56 heavy (non-hydrogen) atoms. The van der Waals surface area contributed by atoms with Gasteiger partial charge in [-0.2, -0.15) is 0 Å². The fourth-order valence-electron chi connectivity index (χ4n) is 7.93. The lowest BCUT2D eigenvalue weighted by atomic mass is 10.0. The van der Waals surface area contributed by atoms with Crippen LogP contribution in [0.3, 0.4) is 0 Å². The lowest BCUT2D eigenvalue weighted by Crippen LogP contribution is -2.00. The monoisotopic (exact) mass is 716 g/mol. The third-order valence-corrected chi connectivity index (χ3v) is 10.6. The minimum Gasteiger partial charge on any atom is -0.456 e. The Morgan fingerprint density at radius 2 is 0.821 bits per heavy atom. The Kier molecular flexibility index (Phi) is 7.42. The summed E-state index contributed by atoms with van der Waals surface area (Å²) in [6.07, 6.45) is 0. The predicted octanol–water partition coefficient (Wildman–Crippen LogP) is 13.2. The number of benzene rings is 8. The van der Waals surface area contributed by atoms with Gasteiger partial charge in [0.05, 0.1) is 11.0 Å². The normalized spacial score (nSPS) is 11.6. The van der Waals surface area contributed by atoms with Crippen molar-refractivity contribution in [1.82, 2.24) is 19.5 Å². The van der Waals surface area contributed by atoms with Crippen LogP contribution < -0.4 is 0 Å². The van der Waals surface area contributed by atoms with Crippen LogP contribution in [-0.4, -0.2) is 19.5 Å². The minimum atomic E-state index is 0.632. The van der Waals surface area contributed by atoms with E-state index >= 15 is 0 Å². The number of hydrogen-bond acceptors (Lipinski definition) is 4. The van der Waals surface area contributed by atoms with E-state index in [4.69, 9.17) is 19.4 Å². The number of para-hydroxylation sites is 2. The van der Waals surface area contributed by atoms with Gasteiger partial charge in [-0.1, -0.05) is 146 Å². The molecule has 0 atom stereocenters. The van der Waals surface area contributed by atoms with Crippen molar-refractivity contribution >= 4 is 43.7 Å². The Labute approximate surface area is 322 Å². The van der Waals surface area contributed by atoms with Crippen molar-refractivity contribution in [3.05, 3.63) is 194 Å². The highest BCUT2D eigenvalue weighted by Crippen LogP contribution is 2.38. The zero-order valence-corrected chi connectivity index (χ0v) is 30.2. The topological polar surface area (TPSA) is 56.7 Å². The van der Waals surface area contributed by atoms with Crippen molar-refractivity contribution < 1.29 is 4.42 Å². The van der Waals surface area contributed by atoms with Crippen LogP contribution >= 0.6 is 0 Å². The number of rotatable bonds is 6. The van der Waals surface area contributed by atoms with Gasteiger partial charge in [0.1, 0.15) is 11.2 Å². The van der Waals surface area contributed by atoms with Crippen LogP contribution in [0.25, 0.3) is 106 Å². The summed E-state index contributed by atoms with van der Waals surface area (Å²) in [6.45, 7) is 0. The first-order chi connectivity index (χ1) is 27.7. The Morgan fingerprint density at radius 3 is 1.59 bits per heavy atom. The second-order valence-corrected chi connectivity index (χ2v) is 14.1. The molecule has 11 rings (SSSR count). The summed E-state index contributed by atoms with van der Waals surface area (Å²) < 4.78 is 8.53. The molecule has 0 saturated carbocycles. The average Bonchev–Trinajstić information content (AvgIpc) is 3.82. The van der Waals surface area contributed by atoms with Gasteiger partial charge in [0.2, 0.25) is 0 Å². The fourth-order valence-corrected chi connectivity index (χ4v) is 7.93. The lowest BCUT2D eigenvalue weighted by molar-refractivity contribution is 0.669. The Balaban J connectivity index is 1.02. The van der Waals surface area contributed by atoms with E-state index in [9.17, 15) is 0 Å². The second kappa shape index (κ2) is 13.0. The van der Waals surface area contributed by atoms with Crippen molar-refractivity contribution in [2.75, 3.05) is 0 Å². The first kappa shape index (κ1) is 31.9. The van der Waals surface area contributed by atoms with Gasteiger partial charge in [0.15, 0.2) is 17.5 Å². The molecule has 0 aliphatic rings. The van der Waals surface area contributed by atoms with Crippen molar-refractivity contribution in [1.29, 1.82) is 0 Å². The summed E-state index contributed by atoms with van der Waals surface area (Å²) in [4.78, 5) is 14.9. The molecule has 8 aromatic carbocycles. The molecule has 0 saturated heterocycles. The van der Waals surface area contributed by atoms with Crippen LogP contribution in [0.4, 0.5) is 0 Å². The second-order valence-electron chi connectivity index (χ2n) is 14.1. The third kappa shape index (κ3) is 5.45. The van der Waals surface area contributed by atoms with Crippen molar-refractivity contribution in [3.63, 3.8) is 0 Å². The summed E-state index contributed by atoms with van der Waals surface area (Å²) >= 11 is 0. The van der Waals surface area contributed by atoms with Gasteiger partial charge in [-0.05, 0) is 70.8 Å². The molecule has 5 heteroatoms. The largest absolute Gasteiger partial charge is 0.456 e. The van der Waals surface area contributed by atoms with Crippen molar-refractivity contribution in [2.45, 2.75) is 0 Å². The van der Waals surface area contributed by atoms with Crippen LogP contribution in [0.2, 0.25) is 0 Å². The van der Waals surface area contributed by atoms with Crippen LogP contribution in [0.5, 0.6) is 0 Å². The molecule has 3 aromatic heterocycles. The van der Waals surface area contributed by atoms with Crippen LogP contribution in [0, 0.1) is 0 Å². The molecule has 262 valence electrons. The summed E-state index contributed by atoms with van der Waals surface area (Å²) in [5.74, 6) is 1.92. The van der Waals surface area contributed by atoms with Gasteiger partial charge in [0, 0.05) is 43.9 Å². The maximum atomic E-state index is 6.14. The smallest absolute Gasteiger partial charge is 0.164 e. The standard InChI is InChI=1S/C51H32N4O/c1-3-13-33(14-4-1)49-52-50(34-15-5-2-6-16-34)54-51(53-49)39-19-11-17-35(29-39)36-18-12-20-40(30-36)55-45-23-9-7-21-41(45)42-27-25-38(32-46(42)55)37-26-28-48-44(31-37)43-22-8-10-24-47(43)56-48/h1-32H. The van der Waals surface area contributed by atoms with Crippen molar-refractivity contribution in [3.8, 4) is 62.1 Å². The molecule has 0 aliphatic heterocycles. The van der Waals surface area contributed by atoms with E-state index in [1.807, 2.05) is 72.8 Å². The van der Waals surface area contributed by atoms with Crippen molar-refractivity contribution in [2.24, 2.45) is 0 Å². The van der Waals surface area contributed by atoms with Gasteiger partial charge in [-0.3, -0.25) is 0 Å². The van der Waals surface area contributed by atoms with E-state index in [1.54, 1.807) is 0 Å². The molecule has 0 radical (unpaired) electrons. The third-order valence-electron chi connectivity index (χ3n) is 10.6. The number of furan rings is 1. The van der Waals surface area contributed by atoms with Gasteiger partial charge in [-0.25, -0.2) is 15.0 Å². The first-order valence-corrected chi connectivity index (χ1v) is 18.8. The maximum absolute atomic E-state index is 6.14. The van der Waals surface area contributed by atoms with E-state index in [0.29, 0.717) is 17.5 Å². The summed E-state index contributed by atoms with van der Waals surface area (Å²) in [5.41, 5.74) is 12.5. The van der Waals surface area contributed by atoms with Gasteiger partial charge < -0.3 is 8.98 Å². The van der Waals surface area contributed by atoms with Crippen LogP contribution in [-0.2, 0) is 0 Å². The van der Waals surface area contributed by atoms with E-state index < -0.39 is 0 Å². The van der Waals surface area contributed by atoms with E-state index in [0.717, 1.165) is 77.6 Å². The van der Waals surface area contributed by atoms with Gasteiger partial charge in [-0.15, -0.1) is 0 Å². The first-order valence-electron chi connectivity index (χ1n) is 18.8. The number of aromatic nitrogens is 4. The summed E-state index contributed by atoms with van der Waals surface area (Å²) in [7, 11) is 0. The van der Waals surface area contributed by atoms with E-state index in [1.165, 1.54) is 10.8 Å². The molecule has 3 heterocycles. The molecular formula is C51H32N4O. The Bertz CT molecular complexity index is 3200. The molecule has 0 N–H and O–H groups in total. The molecule has 11 aromatic rings. The molecule has 0 amide bonds.